The number of nitrogens with two attached hydrogens (primary N) is 1. The summed E-state index contributed by atoms with van der Waals surface area (Å²) < 4.78 is 0. The van der Waals surface area contributed by atoms with Crippen molar-refractivity contribution in [3.05, 3.63) is 64.8 Å². The highest BCUT2D eigenvalue weighted by Crippen LogP contribution is 2.35. The predicted octanol–water partition coefficient (Wildman–Crippen LogP) is 6.12. The fraction of sp³-hybridized carbons (Fsp3) is 0.360. The van der Waals surface area contributed by atoms with E-state index in [1.54, 1.807) is 0 Å². The first-order valence-corrected chi connectivity index (χ1v) is 10.3. The van der Waals surface area contributed by atoms with Crippen LogP contribution in [-0.4, -0.2) is 16.1 Å². The molecule has 0 aliphatic carbocycles. The van der Waals surface area contributed by atoms with Crippen LogP contribution in [0.3, 0.4) is 0 Å². The van der Waals surface area contributed by atoms with Crippen LogP contribution in [0.25, 0.3) is 22.0 Å². The average Bonchev–Trinajstić information content (AvgIpc) is 2.67. The number of carboxylic acid groups (broad SMARTS) is 1. The Morgan fingerprint density at radius 1 is 1.10 bits per heavy atom. The second-order valence-corrected chi connectivity index (χ2v) is 8.18. The summed E-state index contributed by atoms with van der Waals surface area (Å²) in [7, 11) is 0. The lowest BCUT2D eigenvalue weighted by molar-refractivity contribution is -0.137. The van der Waals surface area contributed by atoms with E-state index in [0.29, 0.717) is 18.9 Å². The van der Waals surface area contributed by atoms with Crippen molar-refractivity contribution in [2.75, 3.05) is 0 Å². The highest BCUT2D eigenvalue weighted by atomic mass is 35.5. The maximum atomic E-state index is 10.9. The average molecular weight is 463 g/mol. The lowest BCUT2D eigenvalue weighted by Gasteiger charge is -2.18. The molecule has 0 radical (unpaired) electrons. The van der Waals surface area contributed by atoms with E-state index in [1.807, 2.05) is 0 Å². The lowest BCUT2D eigenvalue weighted by Crippen LogP contribution is -2.10. The number of hydrogen-bond acceptors (Lipinski definition) is 3. The summed E-state index contributed by atoms with van der Waals surface area (Å²) in [4.78, 5) is 15.8. The first-order valence-electron chi connectivity index (χ1n) is 10.3. The van der Waals surface area contributed by atoms with Gasteiger partial charge < -0.3 is 10.8 Å². The van der Waals surface area contributed by atoms with E-state index in [0.717, 1.165) is 51.7 Å². The number of aryl methyl sites for hydroxylation is 2. The molecule has 1 aromatic heterocycles. The molecule has 2 aromatic carbocycles. The molecule has 0 saturated heterocycles. The molecule has 4 nitrogen and oxygen atoms in total. The van der Waals surface area contributed by atoms with E-state index < -0.39 is 5.97 Å². The molecule has 31 heavy (non-hydrogen) atoms. The van der Waals surface area contributed by atoms with Crippen LogP contribution in [0, 0.1) is 12.8 Å². The molecule has 0 amide bonds. The number of pyridine rings is 1. The molecule has 0 aliphatic rings. The van der Waals surface area contributed by atoms with E-state index in [2.05, 4.69) is 63.2 Å². The summed E-state index contributed by atoms with van der Waals surface area (Å²) in [6, 6.07) is 14.9. The fourth-order valence-corrected chi connectivity index (χ4v) is 3.83. The number of rotatable bonds is 8. The molecule has 0 spiro atoms. The van der Waals surface area contributed by atoms with Crippen molar-refractivity contribution in [2.45, 2.75) is 53.0 Å². The van der Waals surface area contributed by atoms with E-state index in [4.69, 9.17) is 15.8 Å². The van der Waals surface area contributed by atoms with Gasteiger partial charge in [0, 0.05) is 24.0 Å². The number of aliphatic carboxylic acids is 1. The Morgan fingerprint density at radius 3 is 2.35 bits per heavy atom. The smallest absolute Gasteiger partial charge is 0.303 e. The zero-order valence-corrected chi connectivity index (χ0v) is 20.0. The maximum absolute atomic E-state index is 10.9. The molecule has 0 saturated carbocycles. The van der Waals surface area contributed by atoms with Gasteiger partial charge in [0.2, 0.25) is 0 Å². The van der Waals surface area contributed by atoms with Gasteiger partial charge in [-0.15, -0.1) is 24.8 Å². The summed E-state index contributed by atoms with van der Waals surface area (Å²) in [6.45, 7) is 6.92. The van der Waals surface area contributed by atoms with Gasteiger partial charge in [0.25, 0.3) is 0 Å². The van der Waals surface area contributed by atoms with Gasteiger partial charge in [0.05, 0.1) is 5.52 Å². The second-order valence-electron chi connectivity index (χ2n) is 8.18. The summed E-state index contributed by atoms with van der Waals surface area (Å²) in [6.07, 6.45) is 2.44. The van der Waals surface area contributed by atoms with Crippen molar-refractivity contribution >= 4 is 41.7 Å². The molecule has 3 rings (SSSR count). The number of carboxylic acids is 1. The summed E-state index contributed by atoms with van der Waals surface area (Å²) in [5, 5.41) is 10.0. The highest BCUT2D eigenvalue weighted by molar-refractivity contribution is 5.97. The standard InChI is InChI=1S/C25H30N2O2.2ClH/c1-16(2)13-23-21(15-26)25(19-10-7-17(3)8-11-19)20-14-18(5-4-6-24(28)29)9-12-22(20)27-23;;/h7-12,14,16H,4-6,13,15,26H2,1-3H3,(H,28,29);2*1H. The minimum atomic E-state index is -0.753. The van der Waals surface area contributed by atoms with Crippen molar-refractivity contribution in [3.8, 4) is 11.1 Å². The normalized spacial score (nSPS) is 10.6. The number of aromatic nitrogens is 1. The number of benzene rings is 2. The molecule has 6 heteroatoms. The molecule has 3 aromatic rings. The zero-order valence-electron chi connectivity index (χ0n) is 18.4. The van der Waals surface area contributed by atoms with Crippen LogP contribution in [0.2, 0.25) is 0 Å². The molecule has 0 unspecified atom stereocenters. The first-order chi connectivity index (χ1) is 13.9. The molecular formula is C25H32Cl2N2O2. The Morgan fingerprint density at radius 2 is 1.77 bits per heavy atom. The van der Waals surface area contributed by atoms with Gasteiger partial charge >= 0.3 is 5.97 Å². The second kappa shape index (κ2) is 12.0. The molecule has 0 bridgehead atoms. The quantitative estimate of drug-likeness (QED) is 0.422. The van der Waals surface area contributed by atoms with Crippen molar-refractivity contribution in [1.29, 1.82) is 0 Å². The van der Waals surface area contributed by atoms with E-state index in [9.17, 15) is 4.79 Å². The van der Waals surface area contributed by atoms with Gasteiger partial charge in [-0.05, 0) is 66.5 Å². The molecular weight excluding hydrogens is 431 g/mol. The van der Waals surface area contributed by atoms with E-state index in [1.165, 1.54) is 5.56 Å². The number of hydrogen-bond donors (Lipinski definition) is 2. The molecule has 0 fully saturated rings. The van der Waals surface area contributed by atoms with Crippen LogP contribution in [0.15, 0.2) is 42.5 Å². The van der Waals surface area contributed by atoms with Crippen LogP contribution in [0.5, 0.6) is 0 Å². The zero-order chi connectivity index (χ0) is 21.0. The minimum Gasteiger partial charge on any atom is -0.481 e. The van der Waals surface area contributed by atoms with E-state index >= 15 is 0 Å². The Bertz CT molecular complexity index is 1020. The number of nitrogens with zero attached hydrogens (tertiary/aromatic N) is 1. The lowest BCUT2D eigenvalue weighted by atomic mass is 9.90. The Hall–Kier alpha value is -2.14. The monoisotopic (exact) mass is 462 g/mol. The van der Waals surface area contributed by atoms with Crippen molar-refractivity contribution in [2.24, 2.45) is 11.7 Å². The number of fused-ring (bicyclic) bond motifs is 1. The summed E-state index contributed by atoms with van der Waals surface area (Å²) in [5.41, 5.74) is 14.0. The fourth-order valence-electron chi connectivity index (χ4n) is 3.83. The largest absolute Gasteiger partial charge is 0.481 e. The number of carbonyl (C=O) groups is 1. The van der Waals surface area contributed by atoms with Gasteiger partial charge in [-0.2, -0.15) is 0 Å². The number of halogens is 2. The van der Waals surface area contributed by atoms with Gasteiger partial charge in [-0.1, -0.05) is 49.7 Å². The first kappa shape index (κ1) is 26.9. The maximum Gasteiger partial charge on any atom is 0.303 e. The molecule has 3 N–H and O–H groups in total. The molecule has 168 valence electrons. The van der Waals surface area contributed by atoms with Crippen molar-refractivity contribution < 1.29 is 9.90 Å². The van der Waals surface area contributed by atoms with Crippen molar-refractivity contribution in [3.63, 3.8) is 0 Å². The van der Waals surface area contributed by atoms with Crippen LogP contribution >= 0.6 is 24.8 Å². The third-order valence-corrected chi connectivity index (χ3v) is 5.24. The summed E-state index contributed by atoms with van der Waals surface area (Å²) in [5.74, 6) is -0.261. The third-order valence-electron chi connectivity index (χ3n) is 5.24. The Balaban J connectivity index is 0.00000240. The van der Waals surface area contributed by atoms with Crippen LogP contribution in [0.4, 0.5) is 0 Å². The molecule has 0 atom stereocenters. The molecule has 0 aliphatic heterocycles. The van der Waals surface area contributed by atoms with Crippen LogP contribution in [0.1, 0.15) is 49.1 Å². The topological polar surface area (TPSA) is 76.2 Å². The van der Waals surface area contributed by atoms with Crippen molar-refractivity contribution in [1.82, 2.24) is 4.98 Å². The van der Waals surface area contributed by atoms with E-state index in [-0.39, 0.29) is 31.2 Å². The SMILES string of the molecule is Cc1ccc(-c2c(CN)c(CC(C)C)nc3ccc(CCCC(=O)O)cc23)cc1.Cl.Cl. The summed E-state index contributed by atoms with van der Waals surface area (Å²) >= 11 is 0. The van der Waals surface area contributed by atoms with Crippen LogP contribution < -0.4 is 5.73 Å². The Labute approximate surface area is 197 Å². The van der Waals surface area contributed by atoms with Gasteiger partial charge in [-0.25, -0.2) is 0 Å². The van der Waals surface area contributed by atoms with Gasteiger partial charge in [-0.3, -0.25) is 9.78 Å². The Kier molecular flexibility index (Phi) is 10.4. The predicted molar refractivity (Wildman–Crippen MR) is 133 cm³/mol. The third kappa shape index (κ3) is 6.67. The van der Waals surface area contributed by atoms with Gasteiger partial charge in [0.15, 0.2) is 0 Å². The molecule has 1 heterocycles. The minimum absolute atomic E-state index is 0. The van der Waals surface area contributed by atoms with Gasteiger partial charge in [0.1, 0.15) is 0 Å². The van der Waals surface area contributed by atoms with Crippen LogP contribution in [-0.2, 0) is 24.2 Å². The highest BCUT2D eigenvalue weighted by Gasteiger charge is 2.17.